The molecule has 0 amide bonds. The maximum absolute atomic E-state index is 13.0. The van der Waals surface area contributed by atoms with Gasteiger partial charge >= 0.3 is 5.97 Å². The van der Waals surface area contributed by atoms with E-state index < -0.39 is 30.3 Å². The molecule has 7 heteroatoms. The Morgan fingerprint density at radius 1 is 1.10 bits per heavy atom. The van der Waals surface area contributed by atoms with E-state index in [0.29, 0.717) is 37.2 Å². The average Bonchev–Trinajstić information content (AvgIpc) is 3.48. The van der Waals surface area contributed by atoms with E-state index >= 15 is 0 Å². The molecule has 40 heavy (non-hydrogen) atoms. The fourth-order valence-corrected chi connectivity index (χ4v) is 6.20. The summed E-state index contributed by atoms with van der Waals surface area (Å²) in [6.45, 7) is 13.9. The lowest BCUT2D eigenvalue weighted by molar-refractivity contribution is -0.161. The highest BCUT2D eigenvalue weighted by Crippen LogP contribution is 2.37. The summed E-state index contributed by atoms with van der Waals surface area (Å²) in [6, 6.07) is 0. The molecule has 7 nitrogen and oxygen atoms in total. The summed E-state index contributed by atoms with van der Waals surface area (Å²) in [5.41, 5.74) is 1.75. The van der Waals surface area contributed by atoms with Crippen molar-refractivity contribution in [1.29, 1.82) is 0 Å². The van der Waals surface area contributed by atoms with Crippen molar-refractivity contribution in [1.82, 2.24) is 0 Å². The van der Waals surface area contributed by atoms with Crippen molar-refractivity contribution in [2.45, 2.75) is 148 Å². The van der Waals surface area contributed by atoms with E-state index in [1.54, 1.807) is 0 Å². The normalized spacial score (nSPS) is 37.1. The molecule has 0 aromatic heterocycles. The number of aliphatic hydroxyl groups excluding tert-OH is 3. The molecule has 11 atom stereocenters. The fourth-order valence-electron chi connectivity index (χ4n) is 6.20. The van der Waals surface area contributed by atoms with Crippen LogP contribution in [-0.2, 0) is 19.0 Å². The van der Waals surface area contributed by atoms with Crippen molar-refractivity contribution in [3.05, 3.63) is 36.0 Å². The number of carbonyl (C=O) groups is 1. The van der Waals surface area contributed by atoms with Crippen LogP contribution in [0.15, 0.2) is 36.0 Å². The van der Waals surface area contributed by atoms with Crippen LogP contribution in [0.4, 0.5) is 0 Å². The van der Waals surface area contributed by atoms with E-state index in [1.807, 2.05) is 20.8 Å². The zero-order valence-corrected chi connectivity index (χ0v) is 25.3. The third kappa shape index (κ3) is 8.99. The first kappa shape index (κ1) is 33.0. The van der Waals surface area contributed by atoms with Crippen molar-refractivity contribution in [3.8, 4) is 0 Å². The molecule has 0 radical (unpaired) electrons. The first-order valence-electron chi connectivity index (χ1n) is 15.6. The summed E-state index contributed by atoms with van der Waals surface area (Å²) in [6.07, 6.45) is 10.4. The number of esters is 1. The number of hydrogen-bond acceptors (Lipinski definition) is 7. The minimum atomic E-state index is -0.948. The third-order valence-corrected chi connectivity index (χ3v) is 9.16. The second kappa shape index (κ2) is 15.6. The number of rotatable bonds is 5. The number of allylic oxidation sites excluding steroid dienone is 3. The second-order valence-electron chi connectivity index (χ2n) is 12.6. The van der Waals surface area contributed by atoms with Crippen LogP contribution in [0.1, 0.15) is 98.8 Å². The lowest BCUT2D eigenvalue weighted by atomic mass is 9.87. The Labute approximate surface area is 241 Å². The molecular formula is C33H54O7. The van der Waals surface area contributed by atoms with Crippen molar-refractivity contribution >= 4 is 5.97 Å². The number of fused-ring (bicyclic) bond motifs is 5. The summed E-state index contributed by atoms with van der Waals surface area (Å²) in [5, 5.41) is 32.2. The van der Waals surface area contributed by atoms with Crippen LogP contribution in [-0.4, -0.2) is 70.1 Å². The van der Waals surface area contributed by atoms with E-state index in [0.717, 1.165) is 38.5 Å². The van der Waals surface area contributed by atoms with Crippen molar-refractivity contribution in [3.63, 3.8) is 0 Å². The minimum Gasteiger partial charge on any atom is -0.459 e. The molecule has 2 fully saturated rings. The lowest BCUT2D eigenvalue weighted by Gasteiger charge is -2.31. The first-order chi connectivity index (χ1) is 19.0. The van der Waals surface area contributed by atoms with Crippen LogP contribution in [0.5, 0.6) is 0 Å². The monoisotopic (exact) mass is 562 g/mol. The molecule has 2 saturated heterocycles. The summed E-state index contributed by atoms with van der Waals surface area (Å²) in [5.74, 6) is -0.680. The topological polar surface area (TPSA) is 105 Å². The molecule has 228 valence electrons. The van der Waals surface area contributed by atoms with E-state index in [9.17, 15) is 20.1 Å². The van der Waals surface area contributed by atoms with Gasteiger partial charge in [-0.15, -0.1) is 0 Å². The molecule has 0 spiro atoms. The van der Waals surface area contributed by atoms with Gasteiger partial charge in [0.1, 0.15) is 12.2 Å². The molecule has 0 aromatic rings. The standard InChI is InChI=1S/C33H54O7/c1-7-26(34)23(5)24(6)31(36)28-16-12-13-20(2)17-29-22(4)18-30(39-29)32-27(35)19-25(38-32)15-11-9-8-10-14-21(3)33(37)40-28/h8-9,17,21-22,24-32,34-36H,5,7,10-16,18-19H2,1-4,6H3/t21-,22-,24+,25-,26-,27-,28+,29+,30+,31+,32-/m1/s1. The van der Waals surface area contributed by atoms with Crippen LogP contribution in [0.25, 0.3) is 0 Å². The van der Waals surface area contributed by atoms with Gasteiger partial charge in [-0.3, -0.25) is 4.79 Å². The maximum Gasteiger partial charge on any atom is 0.309 e. The van der Waals surface area contributed by atoms with E-state index in [2.05, 4.69) is 38.7 Å². The highest BCUT2D eigenvalue weighted by Gasteiger charge is 2.44. The van der Waals surface area contributed by atoms with Crippen LogP contribution in [0, 0.1) is 17.8 Å². The molecule has 0 aliphatic carbocycles. The van der Waals surface area contributed by atoms with Gasteiger partial charge in [-0.25, -0.2) is 0 Å². The van der Waals surface area contributed by atoms with E-state index in [1.165, 1.54) is 5.57 Å². The third-order valence-electron chi connectivity index (χ3n) is 9.16. The predicted octanol–water partition coefficient (Wildman–Crippen LogP) is 5.42. The molecule has 3 aliphatic heterocycles. The average molecular weight is 563 g/mol. The van der Waals surface area contributed by atoms with Gasteiger partial charge in [0.2, 0.25) is 0 Å². The Bertz CT molecular complexity index is 882. The van der Waals surface area contributed by atoms with Gasteiger partial charge in [-0.2, -0.15) is 0 Å². The number of cyclic esters (lactones) is 1. The molecule has 0 aromatic carbocycles. The lowest BCUT2D eigenvalue weighted by Crippen LogP contribution is -2.39. The highest BCUT2D eigenvalue weighted by molar-refractivity contribution is 5.72. The van der Waals surface area contributed by atoms with Gasteiger partial charge in [0.25, 0.3) is 0 Å². The van der Waals surface area contributed by atoms with Crippen molar-refractivity contribution < 1.29 is 34.3 Å². The van der Waals surface area contributed by atoms with Crippen molar-refractivity contribution in [2.24, 2.45) is 17.8 Å². The minimum absolute atomic E-state index is 0.0307. The smallest absolute Gasteiger partial charge is 0.309 e. The molecule has 4 bridgehead atoms. The van der Waals surface area contributed by atoms with Gasteiger partial charge in [-0.05, 0) is 76.2 Å². The Hall–Kier alpha value is -1.51. The number of ether oxygens (including phenoxy) is 3. The molecule has 0 unspecified atom stereocenters. The number of hydrogen-bond donors (Lipinski definition) is 3. The molecular weight excluding hydrogens is 508 g/mol. The summed E-state index contributed by atoms with van der Waals surface area (Å²) in [7, 11) is 0. The van der Waals surface area contributed by atoms with E-state index in [-0.39, 0.29) is 36.3 Å². The molecule has 3 rings (SSSR count). The SMILES string of the molecule is C=C([C@H](O)CC)[C@H](C)[C@H](O)[C@@H]1CCCC(C)=C[C@@H]2O[C@@H](C[C@H]2C)[C@@H]2O[C@H](CCC=CCC[C@@H](C)C(=O)O1)C[C@H]2O. The molecule has 3 N–H and O–H groups in total. The highest BCUT2D eigenvalue weighted by atomic mass is 16.6. The summed E-state index contributed by atoms with van der Waals surface area (Å²) < 4.78 is 18.6. The molecule has 0 saturated carbocycles. The fraction of sp³-hybridized carbons (Fsp3) is 0.788. The zero-order chi connectivity index (χ0) is 29.4. The Balaban J connectivity index is 1.74. The van der Waals surface area contributed by atoms with Gasteiger partial charge in [0.15, 0.2) is 0 Å². The summed E-state index contributed by atoms with van der Waals surface area (Å²) >= 11 is 0. The van der Waals surface area contributed by atoms with Crippen LogP contribution >= 0.6 is 0 Å². The largest absolute Gasteiger partial charge is 0.459 e. The van der Waals surface area contributed by atoms with Crippen LogP contribution < -0.4 is 0 Å². The molecule has 3 aliphatic rings. The van der Waals surface area contributed by atoms with Gasteiger partial charge in [0.05, 0.1) is 42.5 Å². The van der Waals surface area contributed by atoms with Gasteiger partial charge in [0, 0.05) is 12.3 Å². The first-order valence-corrected chi connectivity index (χ1v) is 15.6. The van der Waals surface area contributed by atoms with Crippen molar-refractivity contribution in [2.75, 3.05) is 0 Å². The Kier molecular flexibility index (Phi) is 12.9. The van der Waals surface area contributed by atoms with Crippen LogP contribution in [0.2, 0.25) is 0 Å². The number of aliphatic hydroxyl groups is 3. The predicted molar refractivity (Wildman–Crippen MR) is 157 cm³/mol. The van der Waals surface area contributed by atoms with Crippen LogP contribution in [0.3, 0.4) is 0 Å². The van der Waals surface area contributed by atoms with Gasteiger partial charge in [-0.1, -0.05) is 58.1 Å². The second-order valence-corrected chi connectivity index (χ2v) is 12.6. The summed E-state index contributed by atoms with van der Waals surface area (Å²) in [4.78, 5) is 13.0. The quantitative estimate of drug-likeness (QED) is 0.304. The number of carbonyl (C=O) groups excluding carboxylic acids is 1. The van der Waals surface area contributed by atoms with Gasteiger partial charge < -0.3 is 29.5 Å². The Morgan fingerprint density at radius 3 is 2.50 bits per heavy atom. The zero-order valence-electron chi connectivity index (χ0n) is 25.3. The maximum atomic E-state index is 13.0. The Morgan fingerprint density at radius 2 is 1.80 bits per heavy atom. The van der Waals surface area contributed by atoms with E-state index in [4.69, 9.17) is 14.2 Å². The molecule has 3 heterocycles.